The Hall–Kier alpha value is -5.11. The standard InChI is InChI=1S/C26H23N3O8/c1-34-23(30)15-10-11-16(24(31)35-2)18(12-15)29-21(26(33)37-4)20(25(32)36-3)19(17(13-27)22(29)28)14-8-6-5-7-9-14/h5-12,19H,28H2,1-4H3. The summed E-state index contributed by atoms with van der Waals surface area (Å²) in [5.74, 6) is -4.93. The highest BCUT2D eigenvalue weighted by Gasteiger charge is 2.44. The molecular weight excluding hydrogens is 482 g/mol. The summed E-state index contributed by atoms with van der Waals surface area (Å²) in [7, 11) is 4.51. The van der Waals surface area contributed by atoms with E-state index in [-0.39, 0.29) is 33.8 Å². The van der Waals surface area contributed by atoms with Crippen molar-refractivity contribution >= 4 is 29.6 Å². The molecule has 1 unspecified atom stereocenters. The molecule has 11 nitrogen and oxygen atoms in total. The molecule has 11 heteroatoms. The molecule has 0 radical (unpaired) electrons. The third-order valence-corrected chi connectivity index (χ3v) is 5.68. The molecular formula is C26H23N3O8. The second kappa shape index (κ2) is 11.1. The molecule has 2 N–H and O–H groups in total. The van der Waals surface area contributed by atoms with Gasteiger partial charge in [-0.15, -0.1) is 0 Å². The number of rotatable bonds is 6. The van der Waals surface area contributed by atoms with Gasteiger partial charge in [0.2, 0.25) is 0 Å². The van der Waals surface area contributed by atoms with E-state index >= 15 is 0 Å². The van der Waals surface area contributed by atoms with Crippen molar-refractivity contribution in [2.45, 2.75) is 5.92 Å². The third-order valence-electron chi connectivity index (χ3n) is 5.68. The molecule has 0 saturated heterocycles. The molecule has 0 saturated carbocycles. The van der Waals surface area contributed by atoms with Gasteiger partial charge in [-0.1, -0.05) is 30.3 Å². The van der Waals surface area contributed by atoms with Crippen LogP contribution in [0.3, 0.4) is 0 Å². The first-order valence-corrected chi connectivity index (χ1v) is 10.7. The van der Waals surface area contributed by atoms with Gasteiger partial charge in [-0.3, -0.25) is 4.90 Å². The predicted molar refractivity (Wildman–Crippen MR) is 129 cm³/mol. The lowest BCUT2D eigenvalue weighted by Crippen LogP contribution is -2.41. The zero-order valence-corrected chi connectivity index (χ0v) is 20.4. The van der Waals surface area contributed by atoms with Gasteiger partial charge in [0.25, 0.3) is 0 Å². The quantitative estimate of drug-likeness (QED) is 0.453. The number of nitrogens with zero attached hydrogens (tertiary/aromatic N) is 2. The van der Waals surface area contributed by atoms with Crippen LogP contribution in [0.25, 0.3) is 0 Å². The van der Waals surface area contributed by atoms with E-state index in [2.05, 4.69) is 0 Å². The zero-order valence-electron chi connectivity index (χ0n) is 20.4. The van der Waals surface area contributed by atoms with Crippen molar-refractivity contribution in [2.75, 3.05) is 33.3 Å². The topological polar surface area (TPSA) is 158 Å². The van der Waals surface area contributed by atoms with E-state index in [1.807, 2.05) is 6.07 Å². The number of carbonyl (C=O) groups is 4. The lowest BCUT2D eigenvalue weighted by molar-refractivity contribution is -0.139. The number of nitrogens with two attached hydrogens (primary N) is 1. The molecule has 3 rings (SSSR count). The molecule has 1 aliphatic heterocycles. The van der Waals surface area contributed by atoms with Crippen LogP contribution < -0.4 is 10.6 Å². The van der Waals surface area contributed by atoms with Gasteiger partial charge < -0.3 is 24.7 Å². The Labute approximate surface area is 212 Å². The first kappa shape index (κ1) is 26.5. The molecule has 190 valence electrons. The summed E-state index contributed by atoms with van der Waals surface area (Å²) in [6.45, 7) is 0. The number of anilines is 1. The monoisotopic (exact) mass is 505 g/mol. The van der Waals surface area contributed by atoms with Gasteiger partial charge in [0, 0.05) is 0 Å². The molecule has 1 aliphatic rings. The number of benzene rings is 2. The van der Waals surface area contributed by atoms with Crippen LogP contribution in [0.4, 0.5) is 5.69 Å². The SMILES string of the molecule is COC(=O)C1=C(C(=O)OC)N(c2cc(C(=O)OC)ccc2C(=O)OC)C(N)=C(C#N)C1c1ccccc1. The molecule has 2 aromatic rings. The van der Waals surface area contributed by atoms with Crippen LogP contribution in [0, 0.1) is 11.3 Å². The molecule has 2 aromatic carbocycles. The van der Waals surface area contributed by atoms with E-state index in [0.29, 0.717) is 5.56 Å². The Morgan fingerprint density at radius 3 is 1.97 bits per heavy atom. The number of esters is 4. The first-order chi connectivity index (χ1) is 17.7. The van der Waals surface area contributed by atoms with E-state index in [4.69, 9.17) is 24.7 Å². The lowest BCUT2D eigenvalue weighted by atomic mass is 9.80. The van der Waals surface area contributed by atoms with Crippen molar-refractivity contribution in [3.8, 4) is 6.07 Å². The molecule has 1 heterocycles. The Morgan fingerprint density at radius 2 is 1.43 bits per heavy atom. The summed E-state index contributed by atoms with van der Waals surface area (Å²) in [5, 5.41) is 10.1. The zero-order chi connectivity index (χ0) is 27.3. The van der Waals surface area contributed by atoms with Gasteiger partial charge in [0.15, 0.2) is 0 Å². The summed E-state index contributed by atoms with van der Waals surface area (Å²) >= 11 is 0. The van der Waals surface area contributed by atoms with Gasteiger partial charge in [-0.25, -0.2) is 19.2 Å². The number of nitriles is 1. The van der Waals surface area contributed by atoms with E-state index < -0.39 is 35.5 Å². The highest BCUT2D eigenvalue weighted by molar-refractivity contribution is 6.08. The van der Waals surface area contributed by atoms with E-state index in [1.165, 1.54) is 25.3 Å². The maximum Gasteiger partial charge on any atom is 0.355 e. The first-order valence-electron chi connectivity index (χ1n) is 10.7. The Morgan fingerprint density at radius 1 is 0.838 bits per heavy atom. The van der Waals surface area contributed by atoms with Crippen LogP contribution in [0.5, 0.6) is 0 Å². The second-order valence-corrected chi connectivity index (χ2v) is 7.55. The lowest BCUT2D eigenvalue weighted by Gasteiger charge is -2.36. The molecule has 37 heavy (non-hydrogen) atoms. The van der Waals surface area contributed by atoms with Crippen LogP contribution in [-0.2, 0) is 28.5 Å². The Kier molecular flexibility index (Phi) is 7.94. The Balaban J connectivity index is 2.51. The van der Waals surface area contributed by atoms with Crippen molar-refractivity contribution in [1.29, 1.82) is 5.26 Å². The summed E-state index contributed by atoms with van der Waals surface area (Å²) in [6.07, 6.45) is 0. The Bertz CT molecular complexity index is 1370. The van der Waals surface area contributed by atoms with E-state index in [9.17, 15) is 24.4 Å². The average molecular weight is 505 g/mol. The fourth-order valence-electron chi connectivity index (χ4n) is 4.01. The third kappa shape index (κ3) is 4.72. The number of methoxy groups -OCH3 is 4. The fourth-order valence-corrected chi connectivity index (χ4v) is 4.01. The van der Waals surface area contributed by atoms with Crippen molar-refractivity contribution in [2.24, 2.45) is 5.73 Å². The van der Waals surface area contributed by atoms with Gasteiger partial charge in [-0.05, 0) is 23.8 Å². The van der Waals surface area contributed by atoms with E-state index in [0.717, 1.165) is 26.2 Å². The normalized spacial score (nSPS) is 15.0. The largest absolute Gasteiger partial charge is 0.466 e. The summed E-state index contributed by atoms with van der Waals surface area (Å²) in [6, 6.07) is 14.2. The number of ether oxygens (including phenoxy) is 4. The van der Waals surface area contributed by atoms with Crippen LogP contribution in [-0.4, -0.2) is 52.3 Å². The number of hydrogen-bond donors (Lipinski definition) is 1. The van der Waals surface area contributed by atoms with Crippen LogP contribution in [0.15, 0.2) is 71.2 Å². The summed E-state index contributed by atoms with van der Waals surface area (Å²) < 4.78 is 19.6. The van der Waals surface area contributed by atoms with Crippen LogP contribution >= 0.6 is 0 Å². The molecule has 1 atom stereocenters. The van der Waals surface area contributed by atoms with Crippen molar-refractivity contribution in [3.05, 3.63) is 87.9 Å². The number of carbonyl (C=O) groups excluding carboxylic acids is 4. The molecule has 0 aliphatic carbocycles. The van der Waals surface area contributed by atoms with Gasteiger partial charge in [-0.2, -0.15) is 5.26 Å². The highest BCUT2D eigenvalue weighted by atomic mass is 16.5. The minimum absolute atomic E-state index is 0.00882. The van der Waals surface area contributed by atoms with Crippen molar-refractivity contribution in [3.63, 3.8) is 0 Å². The number of allylic oxidation sites excluding steroid dienone is 1. The molecule has 0 amide bonds. The maximum atomic E-state index is 13.2. The smallest absolute Gasteiger partial charge is 0.355 e. The van der Waals surface area contributed by atoms with E-state index in [1.54, 1.807) is 30.3 Å². The van der Waals surface area contributed by atoms with Gasteiger partial charge in [0.05, 0.1) is 68.4 Å². The fraction of sp³-hybridized carbons (Fsp3) is 0.192. The molecule has 0 fully saturated rings. The number of hydrogen-bond acceptors (Lipinski definition) is 11. The van der Waals surface area contributed by atoms with Crippen molar-refractivity contribution in [1.82, 2.24) is 0 Å². The predicted octanol–water partition coefficient (Wildman–Crippen LogP) is 2.16. The highest BCUT2D eigenvalue weighted by Crippen LogP contribution is 2.44. The summed E-state index contributed by atoms with van der Waals surface area (Å²) in [5.41, 5.74) is 5.90. The molecule has 0 spiro atoms. The van der Waals surface area contributed by atoms with Gasteiger partial charge in [0.1, 0.15) is 11.5 Å². The van der Waals surface area contributed by atoms with Gasteiger partial charge >= 0.3 is 23.9 Å². The minimum atomic E-state index is -1.10. The maximum absolute atomic E-state index is 13.2. The average Bonchev–Trinajstić information content (AvgIpc) is 2.94. The summed E-state index contributed by atoms with van der Waals surface area (Å²) in [4.78, 5) is 52.4. The van der Waals surface area contributed by atoms with Crippen molar-refractivity contribution < 1.29 is 38.1 Å². The second-order valence-electron chi connectivity index (χ2n) is 7.55. The molecule has 0 aromatic heterocycles. The van der Waals surface area contributed by atoms with Crippen LogP contribution in [0.2, 0.25) is 0 Å². The van der Waals surface area contributed by atoms with Crippen LogP contribution in [0.1, 0.15) is 32.2 Å². The molecule has 0 bridgehead atoms. The minimum Gasteiger partial charge on any atom is -0.466 e.